The summed E-state index contributed by atoms with van der Waals surface area (Å²) in [5, 5.41) is 2.86. The van der Waals surface area contributed by atoms with Gasteiger partial charge in [0.2, 0.25) is 0 Å². The molecule has 0 saturated heterocycles. The van der Waals surface area contributed by atoms with E-state index in [1.54, 1.807) is 17.1 Å². The molecule has 0 atom stereocenters. The lowest BCUT2D eigenvalue weighted by molar-refractivity contribution is 0.102. The van der Waals surface area contributed by atoms with Crippen molar-refractivity contribution in [1.82, 2.24) is 14.5 Å². The van der Waals surface area contributed by atoms with E-state index >= 15 is 0 Å². The maximum absolute atomic E-state index is 12.1. The van der Waals surface area contributed by atoms with E-state index in [2.05, 4.69) is 15.2 Å². The van der Waals surface area contributed by atoms with Gasteiger partial charge in [-0.3, -0.25) is 4.79 Å². The van der Waals surface area contributed by atoms with Gasteiger partial charge in [-0.25, -0.2) is 4.98 Å². The molecule has 0 radical (unpaired) electrons. The van der Waals surface area contributed by atoms with Crippen LogP contribution in [0, 0.1) is 0 Å². The van der Waals surface area contributed by atoms with Crippen molar-refractivity contribution in [3.05, 3.63) is 48.0 Å². The van der Waals surface area contributed by atoms with Gasteiger partial charge >= 0.3 is 0 Å². The molecule has 0 aliphatic rings. The van der Waals surface area contributed by atoms with Gasteiger partial charge in [-0.1, -0.05) is 12.1 Å². The zero-order chi connectivity index (χ0) is 15.2. The van der Waals surface area contributed by atoms with Gasteiger partial charge in [0.05, 0.1) is 6.33 Å². The Morgan fingerprint density at radius 1 is 1.43 bits per heavy atom. The van der Waals surface area contributed by atoms with Crippen molar-refractivity contribution in [2.24, 2.45) is 5.73 Å². The van der Waals surface area contributed by atoms with Crippen molar-refractivity contribution in [3.8, 4) is 0 Å². The Bertz CT molecular complexity index is 606. The summed E-state index contributed by atoms with van der Waals surface area (Å²) in [5.74, 6) is -0.215. The Balaban J connectivity index is 2.04. The Morgan fingerprint density at radius 3 is 2.95 bits per heavy atom. The van der Waals surface area contributed by atoms with Crippen molar-refractivity contribution in [2.45, 2.75) is 13.1 Å². The van der Waals surface area contributed by atoms with Crippen LogP contribution in [-0.2, 0) is 13.1 Å². The maximum Gasteiger partial charge on any atom is 0.275 e. The van der Waals surface area contributed by atoms with Crippen molar-refractivity contribution in [2.75, 3.05) is 26.0 Å². The van der Waals surface area contributed by atoms with Crippen LogP contribution in [0.2, 0.25) is 0 Å². The quantitative estimate of drug-likeness (QED) is 0.836. The van der Waals surface area contributed by atoms with Gasteiger partial charge in [-0.2, -0.15) is 0 Å². The average Bonchev–Trinajstić information content (AvgIpc) is 2.87. The monoisotopic (exact) mass is 287 g/mol. The first-order valence-corrected chi connectivity index (χ1v) is 6.85. The number of hydrogen-bond acceptors (Lipinski definition) is 4. The minimum atomic E-state index is -0.215. The molecule has 0 spiro atoms. The summed E-state index contributed by atoms with van der Waals surface area (Å²) in [7, 11) is 4.02. The highest BCUT2D eigenvalue weighted by Gasteiger charge is 2.10. The van der Waals surface area contributed by atoms with Gasteiger partial charge < -0.3 is 20.5 Å². The molecule has 2 aromatic rings. The number of carbonyl (C=O) groups excluding carboxylic acids is 1. The maximum atomic E-state index is 12.1. The first-order chi connectivity index (χ1) is 10.1. The summed E-state index contributed by atoms with van der Waals surface area (Å²) in [6.45, 7) is 2.00. The molecule has 0 fully saturated rings. The van der Waals surface area contributed by atoms with Crippen LogP contribution >= 0.6 is 0 Å². The molecule has 1 aromatic carbocycles. The van der Waals surface area contributed by atoms with E-state index in [-0.39, 0.29) is 5.91 Å². The molecular weight excluding hydrogens is 266 g/mol. The van der Waals surface area contributed by atoms with Crippen molar-refractivity contribution < 1.29 is 4.79 Å². The third-order valence-electron chi connectivity index (χ3n) is 2.94. The van der Waals surface area contributed by atoms with Gasteiger partial charge in [-0.05, 0) is 31.8 Å². The van der Waals surface area contributed by atoms with E-state index < -0.39 is 0 Å². The third kappa shape index (κ3) is 4.40. The number of nitrogens with one attached hydrogen (secondary N) is 1. The fourth-order valence-corrected chi connectivity index (χ4v) is 2.06. The van der Waals surface area contributed by atoms with Gasteiger partial charge in [0.1, 0.15) is 5.69 Å². The number of amides is 1. The molecule has 21 heavy (non-hydrogen) atoms. The molecule has 0 aliphatic heterocycles. The van der Waals surface area contributed by atoms with E-state index in [4.69, 9.17) is 5.73 Å². The van der Waals surface area contributed by atoms with Crippen LogP contribution in [0.25, 0.3) is 0 Å². The first kappa shape index (κ1) is 15.2. The van der Waals surface area contributed by atoms with Crippen LogP contribution in [0.15, 0.2) is 36.8 Å². The van der Waals surface area contributed by atoms with Crippen LogP contribution in [0.4, 0.5) is 5.69 Å². The lowest BCUT2D eigenvalue weighted by atomic mass is 10.2. The summed E-state index contributed by atoms with van der Waals surface area (Å²) >= 11 is 0. The molecule has 0 unspecified atom stereocenters. The van der Waals surface area contributed by atoms with Gasteiger partial charge in [-0.15, -0.1) is 0 Å². The standard InChI is InChI=1S/C15H21N5O/c1-19(2)9-12-4-3-5-13(8-12)18-15(21)14-10-20(7-6-16)11-17-14/h3-5,8,10-11H,6-7,9,16H2,1-2H3,(H,18,21). The fraction of sp³-hybridized carbons (Fsp3) is 0.333. The normalized spacial score (nSPS) is 10.9. The number of aromatic nitrogens is 2. The Labute approximate surface area is 124 Å². The Kier molecular flexibility index (Phi) is 5.08. The molecule has 1 aromatic heterocycles. The van der Waals surface area contributed by atoms with Crippen LogP contribution in [0.3, 0.4) is 0 Å². The predicted molar refractivity (Wildman–Crippen MR) is 83.1 cm³/mol. The van der Waals surface area contributed by atoms with Gasteiger partial charge in [0.25, 0.3) is 5.91 Å². The van der Waals surface area contributed by atoms with Crippen molar-refractivity contribution >= 4 is 11.6 Å². The number of benzene rings is 1. The van der Waals surface area contributed by atoms with Crippen LogP contribution in [0.1, 0.15) is 16.1 Å². The van der Waals surface area contributed by atoms with Gasteiger partial charge in [0, 0.05) is 31.5 Å². The molecule has 6 nitrogen and oxygen atoms in total. The second-order valence-corrected chi connectivity index (χ2v) is 5.18. The second-order valence-electron chi connectivity index (χ2n) is 5.18. The van der Waals surface area contributed by atoms with E-state index in [9.17, 15) is 4.79 Å². The first-order valence-electron chi connectivity index (χ1n) is 6.85. The minimum Gasteiger partial charge on any atom is -0.335 e. The highest BCUT2D eigenvalue weighted by molar-refractivity contribution is 6.02. The summed E-state index contributed by atoms with van der Waals surface area (Å²) in [4.78, 5) is 18.3. The number of nitrogens with two attached hydrogens (primary N) is 1. The number of nitrogens with zero attached hydrogens (tertiary/aromatic N) is 3. The smallest absolute Gasteiger partial charge is 0.275 e. The zero-order valence-electron chi connectivity index (χ0n) is 12.4. The molecule has 0 aliphatic carbocycles. The average molecular weight is 287 g/mol. The number of rotatable bonds is 6. The van der Waals surface area contributed by atoms with E-state index in [1.165, 1.54) is 0 Å². The Morgan fingerprint density at radius 2 is 2.24 bits per heavy atom. The summed E-state index contributed by atoms with van der Waals surface area (Å²) in [6.07, 6.45) is 3.32. The van der Waals surface area contributed by atoms with Crippen LogP contribution < -0.4 is 11.1 Å². The molecule has 0 bridgehead atoms. The minimum absolute atomic E-state index is 0.215. The van der Waals surface area contributed by atoms with E-state index in [0.29, 0.717) is 18.8 Å². The lowest BCUT2D eigenvalue weighted by Gasteiger charge is -2.11. The zero-order valence-corrected chi connectivity index (χ0v) is 12.4. The molecular formula is C15H21N5O. The number of imidazole rings is 1. The molecule has 1 amide bonds. The topological polar surface area (TPSA) is 76.2 Å². The largest absolute Gasteiger partial charge is 0.335 e. The van der Waals surface area contributed by atoms with Crippen molar-refractivity contribution in [1.29, 1.82) is 0 Å². The molecule has 1 heterocycles. The molecule has 6 heteroatoms. The highest BCUT2D eigenvalue weighted by atomic mass is 16.1. The number of hydrogen-bond donors (Lipinski definition) is 2. The fourth-order valence-electron chi connectivity index (χ4n) is 2.06. The molecule has 3 N–H and O–H groups in total. The number of carbonyl (C=O) groups is 1. The summed E-state index contributed by atoms with van der Waals surface area (Å²) in [5.41, 5.74) is 7.78. The van der Waals surface area contributed by atoms with E-state index in [0.717, 1.165) is 17.8 Å². The SMILES string of the molecule is CN(C)Cc1cccc(NC(=O)c2cn(CCN)cn2)c1. The lowest BCUT2D eigenvalue weighted by Crippen LogP contribution is -2.14. The molecule has 112 valence electrons. The van der Waals surface area contributed by atoms with Crippen molar-refractivity contribution in [3.63, 3.8) is 0 Å². The Hall–Kier alpha value is -2.18. The molecule has 2 rings (SSSR count). The van der Waals surface area contributed by atoms with Gasteiger partial charge in [0.15, 0.2) is 0 Å². The third-order valence-corrected chi connectivity index (χ3v) is 2.94. The van der Waals surface area contributed by atoms with Crippen LogP contribution in [-0.4, -0.2) is 41.0 Å². The number of anilines is 1. The second kappa shape index (κ2) is 7.01. The molecule has 0 saturated carbocycles. The summed E-state index contributed by atoms with van der Waals surface area (Å²) < 4.78 is 1.80. The highest BCUT2D eigenvalue weighted by Crippen LogP contribution is 2.13. The summed E-state index contributed by atoms with van der Waals surface area (Å²) in [6, 6.07) is 7.80. The predicted octanol–water partition coefficient (Wildman–Crippen LogP) is 1.16. The van der Waals surface area contributed by atoms with Crippen LogP contribution in [0.5, 0.6) is 0 Å². The van der Waals surface area contributed by atoms with E-state index in [1.807, 2.05) is 38.4 Å².